The summed E-state index contributed by atoms with van der Waals surface area (Å²) in [7, 11) is 1.89. The number of aryl methyl sites for hydroxylation is 2. The van der Waals surface area contributed by atoms with Gasteiger partial charge in [0.05, 0.1) is 10.7 Å². The van der Waals surface area contributed by atoms with Crippen molar-refractivity contribution in [2.45, 2.75) is 20.4 Å². The van der Waals surface area contributed by atoms with Crippen LogP contribution >= 0.6 is 11.6 Å². The lowest BCUT2D eigenvalue weighted by Crippen LogP contribution is -2.08. The normalized spacial score (nSPS) is 10.8. The predicted octanol–water partition coefficient (Wildman–Crippen LogP) is 2.26. The lowest BCUT2D eigenvalue weighted by atomic mass is 10.3. The van der Waals surface area contributed by atoms with Gasteiger partial charge in [-0.25, -0.2) is 9.67 Å². The molecule has 0 atom stereocenters. The van der Waals surface area contributed by atoms with Gasteiger partial charge in [0.2, 0.25) is 0 Å². The molecule has 0 saturated carbocycles. The van der Waals surface area contributed by atoms with Crippen LogP contribution in [0.1, 0.15) is 17.0 Å². The first-order chi connectivity index (χ1) is 8.11. The lowest BCUT2D eigenvalue weighted by molar-refractivity contribution is 0.788. The summed E-state index contributed by atoms with van der Waals surface area (Å²) in [6.07, 6.45) is 1.81. The summed E-state index contributed by atoms with van der Waals surface area (Å²) in [5.41, 5.74) is 3.04. The molecule has 17 heavy (non-hydrogen) atoms. The van der Waals surface area contributed by atoms with E-state index in [1.54, 1.807) is 4.68 Å². The maximum atomic E-state index is 6.23. The van der Waals surface area contributed by atoms with E-state index in [1.165, 1.54) is 0 Å². The highest BCUT2D eigenvalue weighted by Crippen LogP contribution is 2.20. The summed E-state index contributed by atoms with van der Waals surface area (Å²) >= 11 is 6.23. The van der Waals surface area contributed by atoms with Crippen molar-refractivity contribution in [2.24, 2.45) is 0 Å². The Labute approximate surface area is 106 Å². The minimum Gasteiger partial charge on any atom is -0.316 e. The van der Waals surface area contributed by atoms with E-state index in [9.17, 15) is 0 Å². The Morgan fingerprint density at radius 1 is 1.35 bits per heavy atom. The van der Waals surface area contributed by atoms with Gasteiger partial charge in [0, 0.05) is 18.4 Å². The Kier molecular flexibility index (Phi) is 3.45. The molecule has 4 nitrogen and oxygen atoms in total. The van der Waals surface area contributed by atoms with E-state index in [2.05, 4.69) is 15.4 Å². The molecule has 0 unspecified atom stereocenters. The van der Waals surface area contributed by atoms with Crippen molar-refractivity contribution < 1.29 is 0 Å². The number of hydrogen-bond donors (Lipinski definition) is 1. The third-order valence-electron chi connectivity index (χ3n) is 2.47. The van der Waals surface area contributed by atoms with Gasteiger partial charge in [0.1, 0.15) is 0 Å². The third kappa shape index (κ3) is 2.48. The molecule has 0 aliphatic rings. The monoisotopic (exact) mass is 250 g/mol. The molecule has 2 aromatic rings. The zero-order chi connectivity index (χ0) is 12.4. The predicted molar refractivity (Wildman–Crippen MR) is 68.6 cm³/mol. The second-order valence-electron chi connectivity index (χ2n) is 4.02. The molecule has 2 aromatic heterocycles. The van der Waals surface area contributed by atoms with Crippen molar-refractivity contribution in [2.75, 3.05) is 7.05 Å². The summed E-state index contributed by atoms with van der Waals surface area (Å²) in [6.45, 7) is 4.69. The van der Waals surface area contributed by atoms with E-state index in [0.717, 1.165) is 23.5 Å². The molecule has 0 amide bonds. The number of pyridine rings is 1. The van der Waals surface area contributed by atoms with Crippen LogP contribution < -0.4 is 5.32 Å². The van der Waals surface area contributed by atoms with Crippen LogP contribution in [0.4, 0.5) is 0 Å². The van der Waals surface area contributed by atoms with E-state index < -0.39 is 0 Å². The van der Waals surface area contributed by atoms with Crippen LogP contribution in [0.25, 0.3) is 5.82 Å². The second kappa shape index (κ2) is 4.85. The van der Waals surface area contributed by atoms with Gasteiger partial charge in [0.15, 0.2) is 5.82 Å². The highest BCUT2D eigenvalue weighted by atomic mass is 35.5. The summed E-state index contributed by atoms with van der Waals surface area (Å²) in [4.78, 5) is 4.37. The van der Waals surface area contributed by atoms with Crippen LogP contribution in [0.3, 0.4) is 0 Å². The first-order valence-corrected chi connectivity index (χ1v) is 5.82. The molecule has 0 aliphatic heterocycles. The highest BCUT2D eigenvalue weighted by Gasteiger charge is 2.09. The van der Waals surface area contributed by atoms with Crippen LogP contribution in [-0.4, -0.2) is 21.8 Å². The first-order valence-electron chi connectivity index (χ1n) is 5.44. The fourth-order valence-electron chi connectivity index (χ4n) is 1.77. The standard InChI is InChI=1S/C12H15ClN4/c1-8-4-9(2)17(16-8)12-11(13)5-10(6-14-3)7-15-12/h4-5,7,14H,6H2,1-3H3. The van der Waals surface area contributed by atoms with Crippen molar-refractivity contribution in [3.63, 3.8) is 0 Å². The van der Waals surface area contributed by atoms with Gasteiger partial charge in [-0.15, -0.1) is 0 Å². The number of nitrogens with one attached hydrogen (secondary N) is 1. The average molecular weight is 251 g/mol. The Balaban J connectivity index is 2.43. The van der Waals surface area contributed by atoms with E-state index in [0.29, 0.717) is 10.8 Å². The third-order valence-corrected chi connectivity index (χ3v) is 2.75. The molecule has 0 bridgehead atoms. The summed E-state index contributed by atoms with van der Waals surface area (Å²) < 4.78 is 1.76. The van der Waals surface area contributed by atoms with Crippen molar-refractivity contribution in [3.05, 3.63) is 40.3 Å². The van der Waals surface area contributed by atoms with Crippen LogP contribution in [0.2, 0.25) is 5.02 Å². The molecule has 5 heteroatoms. The SMILES string of the molecule is CNCc1cnc(-n2nc(C)cc2C)c(Cl)c1. The molecule has 0 radical (unpaired) electrons. The maximum Gasteiger partial charge on any atom is 0.172 e. The summed E-state index contributed by atoms with van der Waals surface area (Å²) in [6, 6.07) is 3.91. The fraction of sp³-hybridized carbons (Fsp3) is 0.333. The zero-order valence-electron chi connectivity index (χ0n) is 10.2. The minimum atomic E-state index is 0.615. The van der Waals surface area contributed by atoms with Crippen LogP contribution in [-0.2, 0) is 6.54 Å². The van der Waals surface area contributed by atoms with Crippen molar-refractivity contribution in [3.8, 4) is 5.82 Å². The molecule has 0 saturated heterocycles. The molecule has 0 fully saturated rings. The van der Waals surface area contributed by atoms with Gasteiger partial charge in [-0.1, -0.05) is 11.6 Å². The van der Waals surface area contributed by atoms with E-state index in [1.807, 2.05) is 39.2 Å². The Bertz CT molecular complexity index is 533. The zero-order valence-corrected chi connectivity index (χ0v) is 10.9. The van der Waals surface area contributed by atoms with Gasteiger partial charge in [-0.2, -0.15) is 5.10 Å². The van der Waals surface area contributed by atoms with E-state index in [-0.39, 0.29) is 0 Å². The summed E-state index contributed by atoms with van der Waals surface area (Å²) in [5.74, 6) is 0.678. The number of rotatable bonds is 3. The lowest BCUT2D eigenvalue weighted by Gasteiger charge is -2.07. The van der Waals surface area contributed by atoms with Gasteiger partial charge in [-0.05, 0) is 38.6 Å². The molecule has 0 spiro atoms. The van der Waals surface area contributed by atoms with Crippen LogP contribution in [0.15, 0.2) is 18.3 Å². The Hall–Kier alpha value is -1.39. The number of aromatic nitrogens is 3. The van der Waals surface area contributed by atoms with Gasteiger partial charge < -0.3 is 5.32 Å². The highest BCUT2D eigenvalue weighted by molar-refractivity contribution is 6.32. The van der Waals surface area contributed by atoms with Crippen molar-refractivity contribution >= 4 is 11.6 Å². The number of halogens is 1. The van der Waals surface area contributed by atoms with Crippen molar-refractivity contribution in [1.82, 2.24) is 20.1 Å². The molecular weight excluding hydrogens is 236 g/mol. The quantitative estimate of drug-likeness (QED) is 0.909. The number of nitrogens with zero attached hydrogens (tertiary/aromatic N) is 3. The molecular formula is C12H15ClN4. The number of hydrogen-bond acceptors (Lipinski definition) is 3. The van der Waals surface area contributed by atoms with Gasteiger partial charge >= 0.3 is 0 Å². The molecule has 1 N–H and O–H groups in total. The van der Waals surface area contributed by atoms with E-state index >= 15 is 0 Å². The van der Waals surface area contributed by atoms with Gasteiger partial charge in [-0.3, -0.25) is 0 Å². The van der Waals surface area contributed by atoms with Gasteiger partial charge in [0.25, 0.3) is 0 Å². The smallest absolute Gasteiger partial charge is 0.172 e. The second-order valence-corrected chi connectivity index (χ2v) is 4.43. The Morgan fingerprint density at radius 3 is 2.65 bits per heavy atom. The minimum absolute atomic E-state index is 0.615. The molecule has 2 heterocycles. The maximum absolute atomic E-state index is 6.23. The molecule has 0 aromatic carbocycles. The fourth-order valence-corrected chi connectivity index (χ4v) is 2.04. The van der Waals surface area contributed by atoms with E-state index in [4.69, 9.17) is 11.6 Å². The van der Waals surface area contributed by atoms with Crippen LogP contribution in [0.5, 0.6) is 0 Å². The largest absolute Gasteiger partial charge is 0.316 e. The first kappa shape index (κ1) is 12.1. The topological polar surface area (TPSA) is 42.7 Å². The van der Waals surface area contributed by atoms with Crippen LogP contribution in [0, 0.1) is 13.8 Å². The average Bonchev–Trinajstić information content (AvgIpc) is 2.58. The van der Waals surface area contributed by atoms with Crippen molar-refractivity contribution in [1.29, 1.82) is 0 Å². The Morgan fingerprint density at radius 2 is 2.12 bits per heavy atom. The summed E-state index contributed by atoms with van der Waals surface area (Å²) in [5, 5.41) is 8.05. The molecule has 90 valence electrons. The molecule has 0 aliphatic carbocycles. The molecule has 2 rings (SSSR count).